The molecule has 0 bridgehead atoms. The lowest BCUT2D eigenvalue weighted by Crippen LogP contribution is -1.99. The SMILES string of the molecule is CCn1ncc(-c2cc(N)c(C)cc2F)c1C. The number of rotatable bonds is 2. The van der Waals surface area contributed by atoms with Crippen molar-refractivity contribution in [1.29, 1.82) is 0 Å². The summed E-state index contributed by atoms with van der Waals surface area (Å²) in [5.74, 6) is -0.254. The minimum atomic E-state index is -0.254. The highest BCUT2D eigenvalue weighted by molar-refractivity contribution is 5.70. The first-order valence-corrected chi connectivity index (χ1v) is 5.63. The Morgan fingerprint density at radius 2 is 2.00 bits per heavy atom. The third kappa shape index (κ3) is 1.90. The van der Waals surface area contributed by atoms with Crippen molar-refractivity contribution in [3.63, 3.8) is 0 Å². The Hall–Kier alpha value is -1.84. The summed E-state index contributed by atoms with van der Waals surface area (Å²) in [5.41, 5.74) is 9.45. The van der Waals surface area contributed by atoms with Crippen molar-refractivity contribution in [3.05, 3.63) is 35.4 Å². The topological polar surface area (TPSA) is 43.8 Å². The van der Waals surface area contributed by atoms with Crippen LogP contribution in [0.4, 0.5) is 10.1 Å². The van der Waals surface area contributed by atoms with E-state index in [4.69, 9.17) is 5.73 Å². The number of nitrogens with two attached hydrogens (primary N) is 1. The quantitative estimate of drug-likeness (QED) is 0.810. The van der Waals surface area contributed by atoms with E-state index < -0.39 is 0 Å². The fourth-order valence-electron chi connectivity index (χ4n) is 1.93. The van der Waals surface area contributed by atoms with Gasteiger partial charge < -0.3 is 5.73 Å². The highest BCUT2D eigenvalue weighted by Crippen LogP contribution is 2.29. The van der Waals surface area contributed by atoms with Crippen LogP contribution < -0.4 is 5.73 Å². The molecule has 0 aliphatic heterocycles. The number of nitrogens with zero attached hydrogens (tertiary/aromatic N) is 2. The Balaban J connectivity index is 2.60. The van der Waals surface area contributed by atoms with Crippen molar-refractivity contribution in [2.24, 2.45) is 0 Å². The fraction of sp³-hybridized carbons (Fsp3) is 0.308. The number of hydrogen-bond acceptors (Lipinski definition) is 2. The van der Waals surface area contributed by atoms with Crippen LogP contribution in [-0.2, 0) is 6.54 Å². The Kier molecular flexibility index (Phi) is 2.88. The lowest BCUT2D eigenvalue weighted by molar-refractivity contribution is 0.628. The summed E-state index contributed by atoms with van der Waals surface area (Å²) in [7, 11) is 0. The Bertz CT molecular complexity index is 558. The molecule has 0 saturated carbocycles. The number of aryl methyl sites for hydroxylation is 2. The van der Waals surface area contributed by atoms with Crippen LogP contribution in [0.2, 0.25) is 0 Å². The lowest BCUT2D eigenvalue weighted by atomic mass is 10.0. The molecule has 0 aliphatic rings. The van der Waals surface area contributed by atoms with Crippen LogP contribution in [0.3, 0.4) is 0 Å². The zero-order chi connectivity index (χ0) is 12.6. The fourth-order valence-corrected chi connectivity index (χ4v) is 1.93. The van der Waals surface area contributed by atoms with Gasteiger partial charge in [-0.3, -0.25) is 4.68 Å². The molecule has 0 radical (unpaired) electrons. The highest BCUT2D eigenvalue weighted by Gasteiger charge is 2.13. The summed E-state index contributed by atoms with van der Waals surface area (Å²) >= 11 is 0. The monoisotopic (exact) mass is 233 g/mol. The van der Waals surface area contributed by atoms with Gasteiger partial charge in [0, 0.05) is 29.1 Å². The van der Waals surface area contributed by atoms with Gasteiger partial charge in [0.2, 0.25) is 0 Å². The first-order chi connectivity index (χ1) is 8.04. The molecular weight excluding hydrogens is 217 g/mol. The van der Waals surface area contributed by atoms with Crippen LogP contribution in [0.25, 0.3) is 11.1 Å². The number of nitrogen functional groups attached to an aromatic ring is 1. The molecule has 0 aliphatic carbocycles. The maximum Gasteiger partial charge on any atom is 0.131 e. The second-order valence-corrected chi connectivity index (χ2v) is 4.15. The molecule has 3 nitrogen and oxygen atoms in total. The lowest BCUT2D eigenvalue weighted by Gasteiger charge is -2.07. The van der Waals surface area contributed by atoms with Crippen molar-refractivity contribution in [1.82, 2.24) is 9.78 Å². The molecule has 0 fully saturated rings. The number of aromatic nitrogens is 2. The second kappa shape index (κ2) is 4.20. The molecular formula is C13H16FN3. The van der Waals surface area contributed by atoms with Gasteiger partial charge in [0.15, 0.2) is 0 Å². The van der Waals surface area contributed by atoms with Crippen molar-refractivity contribution in [2.45, 2.75) is 27.3 Å². The highest BCUT2D eigenvalue weighted by atomic mass is 19.1. The molecule has 17 heavy (non-hydrogen) atoms. The molecule has 4 heteroatoms. The van der Waals surface area contributed by atoms with Crippen LogP contribution in [0.1, 0.15) is 18.2 Å². The van der Waals surface area contributed by atoms with E-state index in [-0.39, 0.29) is 5.82 Å². The van der Waals surface area contributed by atoms with Gasteiger partial charge in [0.1, 0.15) is 5.82 Å². The predicted molar refractivity (Wildman–Crippen MR) is 67.2 cm³/mol. The van der Waals surface area contributed by atoms with Gasteiger partial charge in [-0.2, -0.15) is 5.10 Å². The van der Waals surface area contributed by atoms with E-state index >= 15 is 0 Å². The number of anilines is 1. The van der Waals surface area contributed by atoms with Crippen LogP contribution >= 0.6 is 0 Å². The van der Waals surface area contributed by atoms with Crippen molar-refractivity contribution in [2.75, 3.05) is 5.73 Å². The molecule has 0 atom stereocenters. The van der Waals surface area contributed by atoms with Gasteiger partial charge in [-0.25, -0.2) is 4.39 Å². The Labute approximate surface area is 100 Å². The predicted octanol–water partition coefficient (Wildman–Crippen LogP) is 2.91. The summed E-state index contributed by atoms with van der Waals surface area (Å²) in [4.78, 5) is 0. The van der Waals surface area contributed by atoms with Gasteiger partial charge >= 0.3 is 0 Å². The van der Waals surface area contributed by atoms with Crippen LogP contribution in [0.5, 0.6) is 0 Å². The van der Waals surface area contributed by atoms with Gasteiger partial charge in [0.25, 0.3) is 0 Å². The maximum atomic E-state index is 13.9. The smallest absolute Gasteiger partial charge is 0.131 e. The van der Waals surface area contributed by atoms with E-state index in [0.29, 0.717) is 11.3 Å². The summed E-state index contributed by atoms with van der Waals surface area (Å²) in [5, 5.41) is 4.21. The standard InChI is InChI=1S/C13H16FN3/c1-4-17-9(3)11(7-16-17)10-6-13(15)8(2)5-12(10)14/h5-7H,4,15H2,1-3H3. The van der Waals surface area contributed by atoms with Gasteiger partial charge in [-0.05, 0) is 38.5 Å². The Morgan fingerprint density at radius 3 is 2.59 bits per heavy atom. The molecule has 0 saturated heterocycles. The van der Waals surface area contributed by atoms with E-state index in [9.17, 15) is 4.39 Å². The zero-order valence-electron chi connectivity index (χ0n) is 10.3. The summed E-state index contributed by atoms with van der Waals surface area (Å²) < 4.78 is 15.8. The van der Waals surface area contributed by atoms with E-state index in [1.54, 1.807) is 19.2 Å². The first-order valence-electron chi connectivity index (χ1n) is 5.63. The molecule has 0 amide bonds. The van der Waals surface area contributed by atoms with Crippen LogP contribution in [0.15, 0.2) is 18.3 Å². The number of hydrogen-bond donors (Lipinski definition) is 1. The van der Waals surface area contributed by atoms with E-state index in [1.807, 2.05) is 18.5 Å². The molecule has 0 unspecified atom stereocenters. The molecule has 90 valence electrons. The van der Waals surface area contributed by atoms with Crippen molar-refractivity contribution in [3.8, 4) is 11.1 Å². The maximum absolute atomic E-state index is 13.9. The molecule has 1 aromatic heterocycles. The first kappa shape index (κ1) is 11.6. The van der Waals surface area contributed by atoms with E-state index in [2.05, 4.69) is 5.10 Å². The van der Waals surface area contributed by atoms with Gasteiger partial charge in [0.05, 0.1) is 6.20 Å². The number of benzene rings is 1. The summed E-state index contributed by atoms with van der Waals surface area (Å²) in [6, 6.07) is 3.14. The van der Waals surface area contributed by atoms with E-state index in [1.165, 1.54) is 6.07 Å². The summed E-state index contributed by atoms with van der Waals surface area (Å²) in [6.45, 7) is 6.50. The largest absolute Gasteiger partial charge is 0.398 e. The molecule has 2 rings (SSSR count). The summed E-state index contributed by atoms with van der Waals surface area (Å²) in [6.07, 6.45) is 1.69. The minimum Gasteiger partial charge on any atom is -0.398 e. The van der Waals surface area contributed by atoms with E-state index in [0.717, 1.165) is 23.4 Å². The normalized spacial score (nSPS) is 10.8. The minimum absolute atomic E-state index is 0.254. The van der Waals surface area contributed by atoms with Crippen LogP contribution in [0, 0.1) is 19.7 Å². The average molecular weight is 233 g/mol. The van der Waals surface area contributed by atoms with Gasteiger partial charge in [-0.15, -0.1) is 0 Å². The second-order valence-electron chi connectivity index (χ2n) is 4.15. The van der Waals surface area contributed by atoms with Crippen molar-refractivity contribution >= 4 is 5.69 Å². The third-order valence-electron chi connectivity index (χ3n) is 3.05. The zero-order valence-corrected chi connectivity index (χ0v) is 10.3. The molecule has 2 aromatic rings. The molecule has 0 spiro atoms. The Morgan fingerprint density at radius 1 is 1.29 bits per heavy atom. The average Bonchev–Trinajstić information content (AvgIpc) is 2.65. The number of halogens is 1. The molecule has 1 aromatic carbocycles. The van der Waals surface area contributed by atoms with Crippen LogP contribution in [-0.4, -0.2) is 9.78 Å². The molecule has 2 N–H and O–H groups in total. The van der Waals surface area contributed by atoms with Crippen molar-refractivity contribution < 1.29 is 4.39 Å². The third-order valence-corrected chi connectivity index (χ3v) is 3.05. The molecule has 1 heterocycles. The van der Waals surface area contributed by atoms with Gasteiger partial charge in [-0.1, -0.05) is 0 Å².